The van der Waals surface area contributed by atoms with Crippen LogP contribution in [0.3, 0.4) is 0 Å². The molecule has 0 spiro atoms. The molecule has 5 rings (SSSR count). The summed E-state index contributed by atoms with van der Waals surface area (Å²) in [6.45, 7) is 1.96. The number of aromatic nitrogens is 2. The van der Waals surface area contributed by atoms with Gasteiger partial charge in [0.15, 0.2) is 5.76 Å². The quantitative estimate of drug-likeness (QED) is 0.300. The molecule has 0 aliphatic heterocycles. The molecule has 0 aliphatic carbocycles. The third kappa shape index (κ3) is 3.95. The molecule has 0 aliphatic rings. The maximum absolute atomic E-state index is 6.29. The van der Waals surface area contributed by atoms with Crippen molar-refractivity contribution in [1.82, 2.24) is 9.66 Å². The minimum Gasteiger partial charge on any atom is -0.454 e. The third-order valence-electron chi connectivity index (χ3n) is 4.85. The van der Waals surface area contributed by atoms with Gasteiger partial charge in [0.2, 0.25) is 4.80 Å². The molecule has 3 aromatic heterocycles. The number of para-hydroxylation sites is 1. The Morgan fingerprint density at radius 1 is 1.06 bits per heavy atom. The third-order valence-corrected chi connectivity index (χ3v) is 6.07. The Kier molecular flexibility index (Phi) is 5.24. The van der Waals surface area contributed by atoms with E-state index in [0.29, 0.717) is 9.82 Å². The van der Waals surface area contributed by atoms with Crippen LogP contribution in [0.15, 0.2) is 92.9 Å². The summed E-state index contributed by atoms with van der Waals surface area (Å²) < 4.78 is 7.89. The summed E-state index contributed by atoms with van der Waals surface area (Å²) in [6.07, 6.45) is 5.26. The molecule has 152 valence electrons. The average molecular weight is 445 g/mol. The lowest BCUT2D eigenvalue weighted by atomic mass is 10.2. The largest absolute Gasteiger partial charge is 0.454 e. The summed E-state index contributed by atoms with van der Waals surface area (Å²) in [5.74, 6) is 0.730. The Hall–Kier alpha value is -3.48. The van der Waals surface area contributed by atoms with Gasteiger partial charge in [-0.1, -0.05) is 35.9 Å². The lowest BCUT2D eigenvalue weighted by Gasteiger charge is -2.03. The first-order valence-corrected chi connectivity index (χ1v) is 10.9. The second-order valence-electron chi connectivity index (χ2n) is 6.88. The molecule has 7 heteroatoms. The van der Waals surface area contributed by atoms with E-state index in [-0.39, 0.29) is 0 Å². The highest BCUT2D eigenvalue weighted by Crippen LogP contribution is 2.29. The highest BCUT2D eigenvalue weighted by Gasteiger charge is 2.13. The maximum atomic E-state index is 6.29. The van der Waals surface area contributed by atoms with Gasteiger partial charge in [0.25, 0.3) is 0 Å². The van der Waals surface area contributed by atoms with Gasteiger partial charge in [0.1, 0.15) is 11.3 Å². The molecular weight excluding hydrogens is 428 g/mol. The second kappa shape index (κ2) is 8.34. The van der Waals surface area contributed by atoms with E-state index in [2.05, 4.69) is 4.98 Å². The summed E-state index contributed by atoms with van der Waals surface area (Å²) in [4.78, 5) is 9.62. The number of halogens is 1. The van der Waals surface area contributed by atoms with Crippen molar-refractivity contribution in [3.8, 4) is 11.5 Å². The Morgan fingerprint density at radius 2 is 1.90 bits per heavy atom. The van der Waals surface area contributed by atoms with Gasteiger partial charge in [-0.15, -0.1) is 11.3 Å². The van der Waals surface area contributed by atoms with Crippen LogP contribution in [0.4, 0.5) is 5.69 Å². The van der Waals surface area contributed by atoms with Crippen molar-refractivity contribution in [2.75, 3.05) is 0 Å². The standard InChI is InChI=1S/C24H17ClN4OS/c1-16-19(25)6-4-7-20(16)28-24-29(27-14-17-9-11-26-12-10-17)21(15-31-24)23-13-18-5-2-3-8-22(18)30-23/h2-15H,1H3. The summed E-state index contributed by atoms with van der Waals surface area (Å²) >= 11 is 7.79. The zero-order valence-electron chi connectivity index (χ0n) is 16.6. The SMILES string of the molecule is Cc1c(Cl)cccc1N=c1scc(-c2cc3ccccc3o2)n1N=Cc1ccncc1. The zero-order valence-corrected chi connectivity index (χ0v) is 18.1. The van der Waals surface area contributed by atoms with Gasteiger partial charge in [-0.25, -0.2) is 9.67 Å². The molecule has 0 unspecified atom stereocenters. The lowest BCUT2D eigenvalue weighted by Crippen LogP contribution is -2.11. The van der Waals surface area contributed by atoms with Crippen LogP contribution in [0.1, 0.15) is 11.1 Å². The van der Waals surface area contributed by atoms with Crippen molar-refractivity contribution in [3.05, 3.63) is 99.4 Å². The number of pyridine rings is 1. The molecule has 2 aromatic carbocycles. The Bertz CT molecular complexity index is 1430. The number of hydrogen-bond donors (Lipinski definition) is 0. The van der Waals surface area contributed by atoms with Crippen molar-refractivity contribution in [1.29, 1.82) is 0 Å². The average Bonchev–Trinajstić information content (AvgIpc) is 3.40. The minimum absolute atomic E-state index is 0.683. The minimum atomic E-state index is 0.683. The smallest absolute Gasteiger partial charge is 0.211 e. The van der Waals surface area contributed by atoms with E-state index in [9.17, 15) is 0 Å². The predicted octanol–water partition coefficient (Wildman–Crippen LogP) is 6.43. The lowest BCUT2D eigenvalue weighted by molar-refractivity contribution is 0.622. The molecule has 0 saturated heterocycles. The Balaban J connectivity index is 1.69. The second-order valence-corrected chi connectivity index (χ2v) is 8.13. The topological polar surface area (TPSA) is 55.7 Å². The van der Waals surface area contributed by atoms with Crippen LogP contribution in [-0.4, -0.2) is 15.9 Å². The van der Waals surface area contributed by atoms with E-state index in [1.54, 1.807) is 23.3 Å². The van der Waals surface area contributed by atoms with Gasteiger partial charge in [-0.2, -0.15) is 5.10 Å². The first-order chi connectivity index (χ1) is 15.2. The molecule has 0 radical (unpaired) electrons. The predicted molar refractivity (Wildman–Crippen MR) is 126 cm³/mol. The van der Waals surface area contributed by atoms with E-state index >= 15 is 0 Å². The van der Waals surface area contributed by atoms with Crippen molar-refractivity contribution < 1.29 is 4.42 Å². The van der Waals surface area contributed by atoms with E-state index in [4.69, 9.17) is 26.1 Å². The number of nitrogens with zero attached hydrogens (tertiary/aromatic N) is 4. The van der Waals surface area contributed by atoms with Gasteiger partial charge in [-0.05, 0) is 54.4 Å². The molecule has 0 fully saturated rings. The molecule has 31 heavy (non-hydrogen) atoms. The van der Waals surface area contributed by atoms with Crippen LogP contribution < -0.4 is 4.80 Å². The molecular formula is C24H17ClN4OS. The summed E-state index contributed by atoms with van der Waals surface area (Å²) in [7, 11) is 0. The molecule has 0 saturated carbocycles. The van der Waals surface area contributed by atoms with E-state index in [0.717, 1.165) is 39.2 Å². The van der Waals surface area contributed by atoms with Gasteiger partial charge in [-0.3, -0.25) is 4.98 Å². The van der Waals surface area contributed by atoms with Crippen molar-refractivity contribution in [3.63, 3.8) is 0 Å². The summed E-state index contributed by atoms with van der Waals surface area (Å²) in [5, 5.41) is 8.44. The van der Waals surface area contributed by atoms with Crippen LogP contribution in [0, 0.1) is 6.92 Å². The summed E-state index contributed by atoms with van der Waals surface area (Å²) in [5.41, 5.74) is 4.32. The normalized spacial score (nSPS) is 12.3. The van der Waals surface area contributed by atoms with E-state index in [1.807, 2.05) is 73.0 Å². The molecule has 0 N–H and O–H groups in total. The van der Waals surface area contributed by atoms with Gasteiger partial charge in [0.05, 0.1) is 11.9 Å². The summed E-state index contributed by atoms with van der Waals surface area (Å²) in [6, 6.07) is 19.4. The van der Waals surface area contributed by atoms with Crippen molar-refractivity contribution in [2.24, 2.45) is 10.1 Å². The number of furan rings is 1. The van der Waals surface area contributed by atoms with Crippen LogP contribution in [0.25, 0.3) is 22.4 Å². The first kappa shape index (κ1) is 19.5. The zero-order chi connectivity index (χ0) is 21.2. The first-order valence-electron chi connectivity index (χ1n) is 9.63. The number of rotatable bonds is 4. The van der Waals surface area contributed by atoms with E-state index in [1.165, 1.54) is 11.3 Å². The number of thiazole rings is 1. The number of fused-ring (bicyclic) bond motifs is 1. The monoisotopic (exact) mass is 444 g/mol. The molecule has 5 aromatic rings. The Labute approximate surface area is 187 Å². The highest BCUT2D eigenvalue weighted by atomic mass is 35.5. The number of hydrogen-bond acceptors (Lipinski definition) is 5. The molecule has 3 heterocycles. The van der Waals surface area contributed by atoms with E-state index < -0.39 is 0 Å². The molecule has 5 nitrogen and oxygen atoms in total. The fourth-order valence-electron chi connectivity index (χ4n) is 3.16. The highest BCUT2D eigenvalue weighted by molar-refractivity contribution is 7.07. The van der Waals surface area contributed by atoms with Crippen LogP contribution in [0.5, 0.6) is 0 Å². The molecule has 0 atom stereocenters. The van der Waals surface area contributed by atoms with Crippen molar-refractivity contribution >= 4 is 45.8 Å². The Morgan fingerprint density at radius 3 is 2.74 bits per heavy atom. The fraction of sp³-hybridized carbons (Fsp3) is 0.0417. The maximum Gasteiger partial charge on any atom is 0.211 e. The van der Waals surface area contributed by atoms with Gasteiger partial charge in [0, 0.05) is 28.2 Å². The molecule has 0 amide bonds. The molecule has 0 bridgehead atoms. The van der Waals surface area contributed by atoms with Gasteiger partial charge >= 0.3 is 0 Å². The van der Waals surface area contributed by atoms with Crippen LogP contribution in [-0.2, 0) is 0 Å². The van der Waals surface area contributed by atoms with Crippen molar-refractivity contribution in [2.45, 2.75) is 6.92 Å². The van der Waals surface area contributed by atoms with Crippen LogP contribution in [0.2, 0.25) is 5.02 Å². The van der Waals surface area contributed by atoms with Gasteiger partial charge < -0.3 is 4.42 Å². The van der Waals surface area contributed by atoms with Crippen LogP contribution >= 0.6 is 22.9 Å². The fourth-order valence-corrected chi connectivity index (χ4v) is 4.16. The number of benzene rings is 2.